The van der Waals surface area contributed by atoms with Crippen LogP contribution in [0.25, 0.3) is 0 Å². The second-order valence-corrected chi connectivity index (χ2v) is 7.83. The average Bonchev–Trinajstić information content (AvgIpc) is 2.46. The van der Waals surface area contributed by atoms with Crippen LogP contribution in [-0.2, 0) is 14.8 Å². The molecule has 5 nitrogen and oxygen atoms in total. The van der Waals surface area contributed by atoms with Crippen molar-refractivity contribution in [3.8, 4) is 0 Å². The maximum atomic E-state index is 11.4. The summed E-state index contributed by atoms with van der Waals surface area (Å²) in [7, 11) is -3.46. The van der Waals surface area contributed by atoms with Crippen LogP contribution in [0.1, 0.15) is 84.0 Å². The molecule has 0 heterocycles. The number of sulfonamides is 1. The molecule has 0 atom stereocenters. The van der Waals surface area contributed by atoms with E-state index in [0.717, 1.165) is 19.3 Å². The van der Waals surface area contributed by atoms with E-state index in [1.807, 2.05) is 4.72 Å². The van der Waals surface area contributed by atoms with E-state index in [1.54, 1.807) is 0 Å². The fourth-order valence-electron chi connectivity index (χ4n) is 2.37. The number of carboxylic acids is 1. The molecule has 0 aromatic heterocycles. The van der Waals surface area contributed by atoms with E-state index in [9.17, 15) is 18.3 Å². The Labute approximate surface area is 164 Å². The first kappa shape index (κ1) is 25.6. The standard InChI is InChI=1S/C16H33NO4S.Na/c1-2-3-4-5-6-7-8-9-10-11-12-13-14-22(20,21)17-15-16(18)19;/h17H,2-15H2,1H3,(H,18,19);/q;+1/p-1. The maximum absolute atomic E-state index is 11.4. The third-order valence-corrected chi connectivity index (χ3v) is 5.11. The van der Waals surface area contributed by atoms with E-state index >= 15 is 0 Å². The van der Waals surface area contributed by atoms with Gasteiger partial charge in [-0.2, -0.15) is 0 Å². The van der Waals surface area contributed by atoms with E-state index in [1.165, 1.54) is 51.4 Å². The summed E-state index contributed by atoms with van der Waals surface area (Å²) >= 11 is 0. The number of hydrogen-bond acceptors (Lipinski definition) is 4. The van der Waals surface area contributed by atoms with Gasteiger partial charge in [0.15, 0.2) is 0 Å². The number of carbonyl (C=O) groups is 1. The van der Waals surface area contributed by atoms with Crippen molar-refractivity contribution in [1.82, 2.24) is 4.72 Å². The van der Waals surface area contributed by atoms with E-state index in [4.69, 9.17) is 0 Å². The summed E-state index contributed by atoms with van der Waals surface area (Å²) in [6.07, 6.45) is 14.2. The molecule has 0 radical (unpaired) electrons. The van der Waals surface area contributed by atoms with E-state index in [-0.39, 0.29) is 35.3 Å². The molecular formula is C16H32NNaO4S. The Kier molecular flexibility index (Phi) is 19.2. The molecule has 0 saturated carbocycles. The number of unbranched alkanes of at least 4 members (excludes halogenated alkanes) is 11. The first-order valence-electron chi connectivity index (χ1n) is 8.65. The molecule has 0 spiro atoms. The maximum Gasteiger partial charge on any atom is 1.00 e. The molecule has 0 unspecified atom stereocenters. The summed E-state index contributed by atoms with van der Waals surface area (Å²) in [4.78, 5) is 10.2. The SMILES string of the molecule is CCCCCCCCCCCCCCS(=O)(=O)NCC(=O)[O-].[Na+]. The van der Waals surface area contributed by atoms with Crippen LogP contribution >= 0.6 is 0 Å². The van der Waals surface area contributed by atoms with E-state index in [2.05, 4.69) is 6.92 Å². The normalized spacial score (nSPS) is 11.2. The molecule has 0 rings (SSSR count). The van der Waals surface area contributed by atoms with Crippen molar-refractivity contribution in [2.24, 2.45) is 0 Å². The van der Waals surface area contributed by atoms with Crippen molar-refractivity contribution in [3.63, 3.8) is 0 Å². The van der Waals surface area contributed by atoms with Gasteiger partial charge in [0, 0.05) is 0 Å². The molecule has 132 valence electrons. The van der Waals surface area contributed by atoms with Crippen LogP contribution in [0.4, 0.5) is 0 Å². The van der Waals surface area contributed by atoms with Gasteiger partial charge in [0.05, 0.1) is 18.3 Å². The minimum absolute atomic E-state index is 0. The molecule has 1 N–H and O–H groups in total. The zero-order chi connectivity index (χ0) is 16.7. The first-order valence-corrected chi connectivity index (χ1v) is 10.3. The number of hydrogen-bond donors (Lipinski definition) is 1. The van der Waals surface area contributed by atoms with Crippen LogP contribution in [0.5, 0.6) is 0 Å². The van der Waals surface area contributed by atoms with Gasteiger partial charge >= 0.3 is 29.6 Å². The number of carbonyl (C=O) groups excluding carboxylic acids is 1. The minimum atomic E-state index is -3.46. The van der Waals surface area contributed by atoms with Gasteiger partial charge in [-0.1, -0.05) is 77.6 Å². The first-order chi connectivity index (χ1) is 10.5. The van der Waals surface area contributed by atoms with Crippen molar-refractivity contribution in [2.45, 2.75) is 84.0 Å². The van der Waals surface area contributed by atoms with Crippen LogP contribution < -0.4 is 39.4 Å². The van der Waals surface area contributed by atoms with Gasteiger partial charge in [0.2, 0.25) is 10.0 Å². The summed E-state index contributed by atoms with van der Waals surface area (Å²) < 4.78 is 24.8. The molecule has 0 aliphatic heterocycles. The summed E-state index contributed by atoms with van der Waals surface area (Å²) in [5.74, 6) is -1.41. The van der Waals surface area contributed by atoms with Crippen LogP contribution in [0.15, 0.2) is 0 Å². The third-order valence-electron chi connectivity index (χ3n) is 3.70. The summed E-state index contributed by atoms with van der Waals surface area (Å²) in [6, 6.07) is 0. The number of aliphatic carboxylic acids is 1. The Morgan fingerprint density at radius 3 is 1.61 bits per heavy atom. The van der Waals surface area contributed by atoms with Gasteiger partial charge in [0.1, 0.15) is 0 Å². The summed E-state index contributed by atoms with van der Waals surface area (Å²) in [5, 5.41) is 10.2. The molecular weight excluding hydrogens is 325 g/mol. The topological polar surface area (TPSA) is 86.3 Å². The van der Waals surface area contributed by atoms with Gasteiger partial charge in [-0.15, -0.1) is 0 Å². The third kappa shape index (κ3) is 20.3. The Balaban J connectivity index is 0. The van der Waals surface area contributed by atoms with Crippen LogP contribution in [0.3, 0.4) is 0 Å². The second kappa shape index (κ2) is 17.2. The van der Waals surface area contributed by atoms with Gasteiger partial charge in [-0.3, -0.25) is 0 Å². The van der Waals surface area contributed by atoms with Crippen molar-refractivity contribution in [3.05, 3.63) is 0 Å². The van der Waals surface area contributed by atoms with Gasteiger partial charge in [-0.05, 0) is 6.42 Å². The minimum Gasteiger partial charge on any atom is -0.549 e. The molecule has 0 amide bonds. The monoisotopic (exact) mass is 357 g/mol. The summed E-state index contributed by atoms with van der Waals surface area (Å²) in [6.45, 7) is 1.59. The molecule has 7 heteroatoms. The van der Waals surface area contributed by atoms with Gasteiger partial charge in [-0.25, -0.2) is 13.1 Å². The fraction of sp³-hybridized carbons (Fsp3) is 0.938. The van der Waals surface area contributed by atoms with E-state index in [0.29, 0.717) is 6.42 Å². The predicted octanol–water partition coefficient (Wildman–Crippen LogP) is -0.639. The zero-order valence-corrected chi connectivity index (χ0v) is 17.8. The van der Waals surface area contributed by atoms with Crippen molar-refractivity contribution in [1.29, 1.82) is 0 Å². The van der Waals surface area contributed by atoms with E-state index < -0.39 is 22.5 Å². The smallest absolute Gasteiger partial charge is 0.549 e. The van der Waals surface area contributed by atoms with Crippen LogP contribution in [0.2, 0.25) is 0 Å². The molecule has 0 fully saturated rings. The molecule has 0 aromatic carbocycles. The van der Waals surface area contributed by atoms with Crippen molar-refractivity contribution < 1.29 is 47.9 Å². The summed E-state index contributed by atoms with van der Waals surface area (Å²) in [5.41, 5.74) is 0. The number of rotatable bonds is 16. The van der Waals surface area contributed by atoms with Crippen molar-refractivity contribution >= 4 is 16.0 Å². The number of nitrogens with one attached hydrogen (secondary N) is 1. The largest absolute Gasteiger partial charge is 1.00 e. The van der Waals surface area contributed by atoms with Crippen LogP contribution in [-0.4, -0.2) is 26.7 Å². The second-order valence-electron chi connectivity index (χ2n) is 5.90. The molecule has 0 aromatic rings. The molecule has 0 aliphatic carbocycles. The molecule has 0 bridgehead atoms. The quantitative estimate of drug-likeness (QED) is 0.294. The van der Waals surface area contributed by atoms with Gasteiger partial charge in [0.25, 0.3) is 0 Å². The zero-order valence-electron chi connectivity index (χ0n) is 14.9. The average molecular weight is 357 g/mol. The van der Waals surface area contributed by atoms with Crippen molar-refractivity contribution in [2.75, 3.05) is 12.3 Å². The van der Waals surface area contributed by atoms with Crippen LogP contribution in [0, 0.1) is 0 Å². The number of carboxylic acid groups (broad SMARTS) is 1. The Hall–Kier alpha value is 0.380. The Bertz CT molecular complexity index is 374. The predicted molar refractivity (Wildman–Crippen MR) is 87.9 cm³/mol. The Morgan fingerprint density at radius 1 is 0.826 bits per heavy atom. The molecule has 23 heavy (non-hydrogen) atoms. The Morgan fingerprint density at radius 2 is 1.22 bits per heavy atom. The fourth-order valence-corrected chi connectivity index (χ4v) is 3.44. The molecule has 0 saturated heterocycles. The van der Waals surface area contributed by atoms with Gasteiger partial charge < -0.3 is 9.90 Å². The molecule has 0 aliphatic rings.